The summed E-state index contributed by atoms with van der Waals surface area (Å²) in [4.78, 5) is 30.1. The van der Waals surface area contributed by atoms with Crippen LogP contribution in [0.5, 0.6) is 0 Å². The average molecular weight is 371 g/mol. The number of nitrogens with zero attached hydrogens (tertiary/aromatic N) is 2. The van der Waals surface area contributed by atoms with Gasteiger partial charge in [-0.15, -0.1) is 0 Å². The summed E-state index contributed by atoms with van der Waals surface area (Å²) in [6.07, 6.45) is 0.716. The lowest BCUT2D eigenvalue weighted by molar-refractivity contribution is -0.129. The maximum Gasteiger partial charge on any atom is 0.231 e. The maximum absolute atomic E-state index is 13.1. The van der Waals surface area contributed by atoms with Crippen LogP contribution in [0, 0.1) is 5.82 Å². The third-order valence-electron chi connectivity index (χ3n) is 3.98. The Labute approximate surface area is 155 Å². The van der Waals surface area contributed by atoms with Crippen molar-refractivity contribution >= 4 is 34.4 Å². The predicted molar refractivity (Wildman–Crippen MR) is 101 cm³/mol. The molecule has 1 fully saturated rings. The van der Waals surface area contributed by atoms with Crippen molar-refractivity contribution in [3.63, 3.8) is 0 Å². The highest BCUT2D eigenvalue weighted by Crippen LogP contribution is 2.29. The Hall–Kier alpha value is -2.67. The number of hydrogen-bond donors (Lipinski definition) is 1. The van der Waals surface area contributed by atoms with E-state index in [1.54, 1.807) is 4.90 Å². The molecule has 134 valence electrons. The van der Waals surface area contributed by atoms with Crippen molar-refractivity contribution in [2.24, 2.45) is 10.7 Å². The molecule has 0 bridgehead atoms. The summed E-state index contributed by atoms with van der Waals surface area (Å²) in [5.41, 5.74) is 6.99. The number of nitrogens with two attached hydrogens (primary N) is 1. The van der Waals surface area contributed by atoms with Crippen molar-refractivity contribution in [3.05, 3.63) is 66.0 Å². The molecule has 1 saturated heterocycles. The van der Waals surface area contributed by atoms with Gasteiger partial charge >= 0.3 is 0 Å². The SMILES string of the molecule is NC(=O)C1CC(=O)N(CCc2ccccc2)C(=Nc2ccc(F)cc2)S1. The van der Waals surface area contributed by atoms with E-state index in [1.165, 1.54) is 36.0 Å². The molecule has 2 amide bonds. The van der Waals surface area contributed by atoms with Gasteiger partial charge in [0.05, 0.1) is 10.9 Å². The van der Waals surface area contributed by atoms with Crippen molar-refractivity contribution < 1.29 is 14.0 Å². The Morgan fingerprint density at radius 3 is 2.54 bits per heavy atom. The molecule has 0 aromatic heterocycles. The first kappa shape index (κ1) is 18.1. The number of aliphatic imine (C=N–C) groups is 1. The summed E-state index contributed by atoms with van der Waals surface area (Å²) >= 11 is 1.17. The van der Waals surface area contributed by atoms with Gasteiger partial charge in [0.2, 0.25) is 11.8 Å². The smallest absolute Gasteiger partial charge is 0.231 e. The van der Waals surface area contributed by atoms with Gasteiger partial charge in [0.25, 0.3) is 0 Å². The van der Waals surface area contributed by atoms with E-state index >= 15 is 0 Å². The molecule has 1 aliphatic heterocycles. The van der Waals surface area contributed by atoms with Gasteiger partial charge in [-0.2, -0.15) is 0 Å². The number of amidine groups is 1. The Morgan fingerprint density at radius 1 is 1.19 bits per heavy atom. The van der Waals surface area contributed by atoms with Crippen LogP contribution in [0.25, 0.3) is 0 Å². The van der Waals surface area contributed by atoms with E-state index in [9.17, 15) is 14.0 Å². The van der Waals surface area contributed by atoms with E-state index in [0.29, 0.717) is 23.8 Å². The summed E-state index contributed by atoms with van der Waals surface area (Å²) in [5.74, 6) is -1.10. The Kier molecular flexibility index (Phi) is 5.68. The first-order valence-electron chi connectivity index (χ1n) is 8.17. The fourth-order valence-electron chi connectivity index (χ4n) is 2.59. The highest BCUT2D eigenvalue weighted by Gasteiger charge is 2.34. The summed E-state index contributed by atoms with van der Waals surface area (Å²) < 4.78 is 13.1. The van der Waals surface area contributed by atoms with E-state index in [1.807, 2.05) is 30.3 Å². The molecule has 5 nitrogen and oxygen atoms in total. The summed E-state index contributed by atoms with van der Waals surface area (Å²) in [5, 5.41) is -0.234. The van der Waals surface area contributed by atoms with E-state index in [0.717, 1.165) is 5.56 Å². The van der Waals surface area contributed by atoms with Gasteiger partial charge in [0.1, 0.15) is 5.82 Å². The summed E-state index contributed by atoms with van der Waals surface area (Å²) in [6, 6.07) is 15.5. The second-order valence-electron chi connectivity index (χ2n) is 5.86. The Bertz CT molecular complexity index is 824. The van der Waals surface area contributed by atoms with Gasteiger partial charge in [0, 0.05) is 13.0 Å². The molecule has 7 heteroatoms. The lowest BCUT2D eigenvalue weighted by Gasteiger charge is -2.31. The van der Waals surface area contributed by atoms with Crippen molar-refractivity contribution in [1.29, 1.82) is 0 Å². The van der Waals surface area contributed by atoms with Crippen LogP contribution in [0.15, 0.2) is 59.6 Å². The first-order valence-corrected chi connectivity index (χ1v) is 9.05. The van der Waals surface area contributed by atoms with Gasteiger partial charge in [-0.1, -0.05) is 42.1 Å². The number of rotatable bonds is 5. The quantitative estimate of drug-likeness (QED) is 0.878. The first-order chi connectivity index (χ1) is 12.5. The van der Waals surface area contributed by atoms with Gasteiger partial charge in [0.15, 0.2) is 5.17 Å². The molecule has 0 aliphatic carbocycles. The zero-order chi connectivity index (χ0) is 18.5. The van der Waals surface area contributed by atoms with Crippen LogP contribution >= 0.6 is 11.8 Å². The van der Waals surface area contributed by atoms with E-state index in [4.69, 9.17) is 5.73 Å². The molecule has 26 heavy (non-hydrogen) atoms. The molecule has 3 rings (SSSR count). The number of amides is 2. The van der Waals surface area contributed by atoms with Crippen LogP contribution in [0.3, 0.4) is 0 Å². The molecule has 0 radical (unpaired) electrons. The maximum atomic E-state index is 13.1. The normalized spacial score (nSPS) is 19.0. The summed E-state index contributed by atoms with van der Waals surface area (Å²) in [7, 11) is 0. The third kappa shape index (κ3) is 4.49. The number of thioether (sulfide) groups is 1. The minimum Gasteiger partial charge on any atom is -0.369 e. The van der Waals surface area contributed by atoms with E-state index in [-0.39, 0.29) is 18.1 Å². The van der Waals surface area contributed by atoms with Gasteiger partial charge in [-0.05, 0) is 36.2 Å². The number of hydrogen-bond acceptors (Lipinski definition) is 4. The summed E-state index contributed by atoms with van der Waals surface area (Å²) in [6.45, 7) is 0.446. The monoisotopic (exact) mass is 371 g/mol. The topological polar surface area (TPSA) is 75.8 Å². The molecule has 0 spiro atoms. The van der Waals surface area contributed by atoms with Crippen LogP contribution in [-0.2, 0) is 16.0 Å². The molecule has 1 atom stereocenters. The highest BCUT2D eigenvalue weighted by molar-refractivity contribution is 8.15. The zero-order valence-corrected chi connectivity index (χ0v) is 14.8. The van der Waals surface area contributed by atoms with Crippen LogP contribution in [0.2, 0.25) is 0 Å². The minimum atomic E-state index is -0.644. The molecular weight excluding hydrogens is 353 g/mol. The number of carbonyl (C=O) groups is 2. The molecule has 1 unspecified atom stereocenters. The standard InChI is InChI=1S/C19H18FN3O2S/c20-14-6-8-15(9-7-14)22-19-23(11-10-13-4-2-1-3-5-13)17(24)12-16(26-19)18(21)25/h1-9,16H,10-12H2,(H2,21,25). The second-order valence-corrected chi connectivity index (χ2v) is 7.03. The highest BCUT2D eigenvalue weighted by atomic mass is 32.2. The lowest BCUT2D eigenvalue weighted by atomic mass is 10.1. The molecule has 2 N–H and O–H groups in total. The fraction of sp³-hybridized carbons (Fsp3) is 0.211. The van der Waals surface area contributed by atoms with Crippen LogP contribution in [-0.4, -0.2) is 33.7 Å². The molecular formula is C19H18FN3O2S. The van der Waals surface area contributed by atoms with Crippen molar-refractivity contribution in [1.82, 2.24) is 4.90 Å². The lowest BCUT2D eigenvalue weighted by Crippen LogP contribution is -2.46. The van der Waals surface area contributed by atoms with Crippen molar-refractivity contribution in [3.8, 4) is 0 Å². The zero-order valence-electron chi connectivity index (χ0n) is 14.0. The molecule has 1 heterocycles. The predicted octanol–water partition coefficient (Wildman–Crippen LogP) is 2.88. The largest absolute Gasteiger partial charge is 0.369 e. The molecule has 2 aromatic rings. The Balaban J connectivity index is 1.84. The van der Waals surface area contributed by atoms with Crippen LogP contribution in [0.4, 0.5) is 10.1 Å². The van der Waals surface area contributed by atoms with Gasteiger partial charge in [-0.3, -0.25) is 14.5 Å². The molecule has 1 aliphatic rings. The Morgan fingerprint density at radius 2 is 1.88 bits per heavy atom. The second kappa shape index (κ2) is 8.14. The van der Waals surface area contributed by atoms with Crippen molar-refractivity contribution in [2.75, 3.05) is 6.54 Å². The van der Waals surface area contributed by atoms with Crippen LogP contribution in [0.1, 0.15) is 12.0 Å². The van der Waals surface area contributed by atoms with Crippen molar-refractivity contribution in [2.45, 2.75) is 18.1 Å². The van der Waals surface area contributed by atoms with Gasteiger partial charge < -0.3 is 5.73 Å². The third-order valence-corrected chi connectivity index (χ3v) is 5.18. The molecule has 2 aromatic carbocycles. The van der Waals surface area contributed by atoms with E-state index in [2.05, 4.69) is 4.99 Å². The fourth-order valence-corrected chi connectivity index (χ4v) is 3.66. The number of halogens is 1. The van der Waals surface area contributed by atoms with Crippen LogP contribution < -0.4 is 5.73 Å². The number of primary amides is 1. The van der Waals surface area contributed by atoms with Gasteiger partial charge in [-0.25, -0.2) is 9.38 Å². The number of benzene rings is 2. The molecule has 0 saturated carbocycles. The average Bonchev–Trinajstić information content (AvgIpc) is 2.63. The number of carbonyl (C=O) groups excluding carboxylic acids is 2. The van der Waals surface area contributed by atoms with E-state index < -0.39 is 11.2 Å². The minimum absolute atomic E-state index is 0.0528.